The monoisotopic (exact) mass is 424 g/mol. The van der Waals surface area contributed by atoms with Crippen LogP contribution in [0.2, 0.25) is 0 Å². The van der Waals surface area contributed by atoms with Crippen LogP contribution in [-0.2, 0) is 14.3 Å². The fraction of sp³-hybridized carbons (Fsp3) is 0.333. The van der Waals surface area contributed by atoms with Gasteiger partial charge in [0.05, 0.1) is 24.8 Å². The zero-order chi connectivity index (χ0) is 22.0. The first kappa shape index (κ1) is 21.2. The Hall–Kier alpha value is -3.03. The molecule has 2 saturated heterocycles. The molecule has 0 bridgehead atoms. The summed E-state index contributed by atoms with van der Waals surface area (Å²) in [6.45, 7) is 5.38. The first-order valence-electron chi connectivity index (χ1n) is 10.4. The van der Waals surface area contributed by atoms with Crippen molar-refractivity contribution in [1.29, 1.82) is 0 Å². The smallest absolute Gasteiger partial charge is 0.295 e. The van der Waals surface area contributed by atoms with Gasteiger partial charge >= 0.3 is 0 Å². The standard InChI is InChI=1S/C24H25FN2O4/c1-16-6-8-17(9-7-16)22(28)20-21(18-4-2-3-5-19(18)25)27(24(30)23(20)29)11-10-26-12-14-31-15-13-26/h2-9,21,28H,10-15H2,1H3/b22-20-. The summed E-state index contributed by atoms with van der Waals surface area (Å²) in [5.41, 5.74) is 1.52. The Morgan fingerprint density at radius 2 is 1.74 bits per heavy atom. The molecule has 162 valence electrons. The van der Waals surface area contributed by atoms with E-state index in [-0.39, 0.29) is 23.4 Å². The van der Waals surface area contributed by atoms with Crippen LogP contribution in [-0.4, -0.2) is 66.0 Å². The third-order valence-corrected chi connectivity index (χ3v) is 5.83. The highest BCUT2D eigenvalue weighted by Gasteiger charge is 2.46. The van der Waals surface area contributed by atoms with E-state index in [9.17, 15) is 19.1 Å². The summed E-state index contributed by atoms with van der Waals surface area (Å²) in [4.78, 5) is 29.4. The Morgan fingerprint density at radius 3 is 2.42 bits per heavy atom. The molecular formula is C24H25FN2O4. The number of hydrogen-bond donors (Lipinski definition) is 1. The van der Waals surface area contributed by atoms with E-state index in [4.69, 9.17) is 4.74 Å². The van der Waals surface area contributed by atoms with Crippen LogP contribution < -0.4 is 0 Å². The van der Waals surface area contributed by atoms with E-state index < -0.39 is 23.5 Å². The Labute approximate surface area is 180 Å². The molecule has 2 heterocycles. The predicted molar refractivity (Wildman–Crippen MR) is 114 cm³/mol. The topological polar surface area (TPSA) is 70.1 Å². The average molecular weight is 424 g/mol. The summed E-state index contributed by atoms with van der Waals surface area (Å²) in [5.74, 6) is -2.34. The van der Waals surface area contributed by atoms with Gasteiger partial charge in [0.2, 0.25) is 0 Å². The van der Waals surface area contributed by atoms with Crippen molar-refractivity contribution in [2.75, 3.05) is 39.4 Å². The number of benzene rings is 2. The van der Waals surface area contributed by atoms with Crippen LogP contribution in [0.3, 0.4) is 0 Å². The number of aliphatic hydroxyl groups is 1. The van der Waals surface area contributed by atoms with Gasteiger partial charge in [-0.2, -0.15) is 0 Å². The lowest BCUT2D eigenvalue weighted by molar-refractivity contribution is -0.140. The van der Waals surface area contributed by atoms with Gasteiger partial charge in [0, 0.05) is 37.3 Å². The molecule has 1 N–H and O–H groups in total. The van der Waals surface area contributed by atoms with Crippen molar-refractivity contribution >= 4 is 17.4 Å². The van der Waals surface area contributed by atoms with E-state index >= 15 is 0 Å². The summed E-state index contributed by atoms with van der Waals surface area (Å²) in [6.07, 6.45) is 0. The van der Waals surface area contributed by atoms with Gasteiger partial charge in [-0.15, -0.1) is 0 Å². The van der Waals surface area contributed by atoms with Gasteiger partial charge in [-0.3, -0.25) is 14.5 Å². The number of likely N-dealkylation sites (tertiary alicyclic amines) is 1. The van der Waals surface area contributed by atoms with Crippen molar-refractivity contribution in [1.82, 2.24) is 9.80 Å². The molecule has 2 fully saturated rings. The van der Waals surface area contributed by atoms with E-state index in [1.165, 1.54) is 11.0 Å². The molecule has 2 aromatic rings. The molecule has 0 aliphatic carbocycles. The number of Topliss-reactive ketones (excluding diaryl/α,β-unsaturated/α-hetero) is 1. The largest absolute Gasteiger partial charge is 0.507 e. The fourth-order valence-electron chi connectivity index (χ4n) is 4.07. The number of halogens is 1. The molecule has 0 spiro atoms. The molecule has 4 rings (SSSR count). The van der Waals surface area contributed by atoms with Gasteiger partial charge in [-0.05, 0) is 13.0 Å². The number of carbonyl (C=O) groups is 2. The molecule has 7 heteroatoms. The van der Waals surface area contributed by atoms with Crippen LogP contribution in [0.15, 0.2) is 54.1 Å². The second-order valence-corrected chi connectivity index (χ2v) is 7.83. The summed E-state index contributed by atoms with van der Waals surface area (Å²) >= 11 is 0. The lowest BCUT2D eigenvalue weighted by Gasteiger charge is -2.31. The van der Waals surface area contributed by atoms with Crippen molar-refractivity contribution in [3.63, 3.8) is 0 Å². The predicted octanol–water partition coefficient (Wildman–Crippen LogP) is 2.89. The molecule has 2 aromatic carbocycles. The van der Waals surface area contributed by atoms with Crippen molar-refractivity contribution in [3.8, 4) is 0 Å². The number of carbonyl (C=O) groups excluding carboxylic acids is 2. The van der Waals surface area contributed by atoms with Gasteiger partial charge in [0.15, 0.2) is 0 Å². The lowest BCUT2D eigenvalue weighted by atomic mass is 9.94. The van der Waals surface area contributed by atoms with E-state index in [1.807, 2.05) is 19.1 Å². The second-order valence-electron chi connectivity index (χ2n) is 7.83. The van der Waals surface area contributed by atoms with Crippen molar-refractivity contribution < 1.29 is 23.8 Å². The molecule has 1 atom stereocenters. The van der Waals surface area contributed by atoms with E-state index in [0.29, 0.717) is 25.3 Å². The first-order valence-corrected chi connectivity index (χ1v) is 10.4. The maximum Gasteiger partial charge on any atom is 0.295 e. The number of nitrogens with zero attached hydrogens (tertiary/aromatic N) is 2. The first-order chi connectivity index (χ1) is 15.0. The maximum atomic E-state index is 14.8. The second kappa shape index (κ2) is 8.99. The number of rotatable bonds is 5. The molecular weight excluding hydrogens is 399 g/mol. The van der Waals surface area contributed by atoms with Crippen LogP contribution >= 0.6 is 0 Å². The van der Waals surface area contributed by atoms with Crippen LogP contribution in [0.1, 0.15) is 22.7 Å². The SMILES string of the molecule is Cc1ccc(/C(O)=C2/C(=O)C(=O)N(CCN3CCOCC3)C2c2ccccc2F)cc1. The van der Waals surface area contributed by atoms with Gasteiger partial charge in [0.1, 0.15) is 11.6 Å². The maximum absolute atomic E-state index is 14.8. The Kier molecular flexibility index (Phi) is 6.15. The normalized spacial score (nSPS) is 21.6. The Bertz CT molecular complexity index is 1010. The van der Waals surface area contributed by atoms with E-state index in [1.54, 1.807) is 30.3 Å². The van der Waals surface area contributed by atoms with Crippen LogP contribution in [0.25, 0.3) is 5.76 Å². The third kappa shape index (κ3) is 4.24. The van der Waals surface area contributed by atoms with Gasteiger partial charge < -0.3 is 14.7 Å². The van der Waals surface area contributed by atoms with Crippen LogP contribution in [0.4, 0.5) is 4.39 Å². The zero-order valence-corrected chi connectivity index (χ0v) is 17.4. The highest BCUT2D eigenvalue weighted by molar-refractivity contribution is 6.46. The molecule has 31 heavy (non-hydrogen) atoms. The molecule has 1 amide bonds. The quantitative estimate of drug-likeness (QED) is 0.454. The summed E-state index contributed by atoms with van der Waals surface area (Å²) in [6, 6.07) is 12.1. The van der Waals surface area contributed by atoms with Crippen molar-refractivity contribution in [2.24, 2.45) is 0 Å². The summed E-state index contributed by atoms with van der Waals surface area (Å²) in [5, 5.41) is 11.0. The van der Waals surface area contributed by atoms with Gasteiger partial charge in [-0.25, -0.2) is 4.39 Å². The Balaban J connectivity index is 1.75. The molecule has 0 radical (unpaired) electrons. The minimum atomic E-state index is -0.983. The molecule has 2 aliphatic heterocycles. The Morgan fingerprint density at radius 1 is 1.06 bits per heavy atom. The van der Waals surface area contributed by atoms with Gasteiger partial charge in [0.25, 0.3) is 11.7 Å². The number of morpholine rings is 1. The number of ether oxygens (including phenoxy) is 1. The summed E-state index contributed by atoms with van der Waals surface area (Å²) in [7, 11) is 0. The summed E-state index contributed by atoms with van der Waals surface area (Å²) < 4.78 is 20.1. The number of hydrogen-bond acceptors (Lipinski definition) is 5. The van der Waals surface area contributed by atoms with Crippen molar-refractivity contribution in [2.45, 2.75) is 13.0 Å². The highest BCUT2D eigenvalue weighted by atomic mass is 19.1. The number of aryl methyl sites for hydroxylation is 1. The van der Waals surface area contributed by atoms with E-state index in [0.717, 1.165) is 18.7 Å². The molecule has 1 unspecified atom stereocenters. The molecule has 0 saturated carbocycles. The number of ketones is 1. The zero-order valence-electron chi connectivity index (χ0n) is 17.4. The minimum absolute atomic E-state index is 0.0825. The van der Waals surface area contributed by atoms with Crippen LogP contribution in [0, 0.1) is 12.7 Å². The van der Waals surface area contributed by atoms with E-state index in [2.05, 4.69) is 4.90 Å². The fourth-order valence-corrected chi connectivity index (χ4v) is 4.07. The average Bonchev–Trinajstić information content (AvgIpc) is 3.03. The number of amides is 1. The molecule has 2 aliphatic rings. The van der Waals surface area contributed by atoms with Gasteiger partial charge in [-0.1, -0.05) is 48.0 Å². The molecule has 0 aromatic heterocycles. The lowest BCUT2D eigenvalue weighted by Crippen LogP contribution is -2.42. The molecule has 6 nitrogen and oxygen atoms in total. The van der Waals surface area contributed by atoms with Crippen molar-refractivity contribution in [3.05, 3.63) is 76.6 Å². The third-order valence-electron chi connectivity index (χ3n) is 5.83. The minimum Gasteiger partial charge on any atom is -0.507 e. The number of aliphatic hydroxyl groups excluding tert-OH is 1. The highest BCUT2D eigenvalue weighted by Crippen LogP contribution is 2.40. The van der Waals surface area contributed by atoms with Crippen LogP contribution in [0.5, 0.6) is 0 Å².